The van der Waals surface area contributed by atoms with Gasteiger partial charge in [-0.3, -0.25) is 0 Å². The van der Waals surface area contributed by atoms with Gasteiger partial charge in [-0.1, -0.05) is 17.7 Å². The molecule has 18 heavy (non-hydrogen) atoms. The van der Waals surface area contributed by atoms with Gasteiger partial charge in [-0.25, -0.2) is 0 Å². The van der Waals surface area contributed by atoms with Gasteiger partial charge in [0.05, 0.1) is 6.61 Å². The van der Waals surface area contributed by atoms with Crippen molar-refractivity contribution in [1.29, 1.82) is 0 Å². The molecule has 0 aliphatic carbocycles. The predicted octanol–water partition coefficient (Wildman–Crippen LogP) is 4.62. The van der Waals surface area contributed by atoms with Crippen LogP contribution < -0.4 is 4.74 Å². The van der Waals surface area contributed by atoms with Crippen molar-refractivity contribution in [2.45, 2.75) is 26.1 Å². The zero-order valence-corrected chi connectivity index (χ0v) is 11.6. The first kappa shape index (κ1) is 13.0. The zero-order valence-electron chi connectivity index (χ0n) is 10.9. The monoisotopic (exact) mass is 264 g/mol. The summed E-state index contributed by atoms with van der Waals surface area (Å²) in [4.78, 5) is 0. The van der Waals surface area contributed by atoms with Crippen LogP contribution in [0.2, 0.25) is 0 Å². The van der Waals surface area contributed by atoms with Crippen LogP contribution in [0.5, 0.6) is 5.75 Å². The van der Waals surface area contributed by atoms with E-state index in [4.69, 9.17) is 20.8 Å². The van der Waals surface area contributed by atoms with E-state index in [1.165, 1.54) is 0 Å². The van der Waals surface area contributed by atoms with Crippen LogP contribution in [0.4, 0.5) is 0 Å². The fraction of sp³-hybridized carbons (Fsp3) is 0.333. The summed E-state index contributed by atoms with van der Waals surface area (Å²) in [5.74, 6) is 2.43. The van der Waals surface area contributed by atoms with E-state index >= 15 is 0 Å². The molecule has 2 rings (SSSR count). The molecule has 1 heterocycles. The molecular weight excluding hydrogens is 248 g/mol. The largest absolute Gasteiger partial charge is 0.494 e. The zero-order chi connectivity index (χ0) is 13.1. The Bertz CT molecular complexity index is 531. The van der Waals surface area contributed by atoms with Gasteiger partial charge in [0.2, 0.25) is 0 Å². The molecule has 0 bridgehead atoms. The number of hydrogen-bond donors (Lipinski definition) is 0. The molecule has 96 valence electrons. The standard InChI is InChI=1S/C15H17ClO2/c1-4-17-13-7-5-10(2)9-12(13)15(16)14-8-6-11(3)18-14/h5-9,15H,4H2,1-3H3. The molecule has 0 amide bonds. The number of halogens is 1. The van der Waals surface area contributed by atoms with Crippen LogP contribution >= 0.6 is 11.6 Å². The number of benzene rings is 1. The van der Waals surface area contributed by atoms with Crippen molar-refractivity contribution in [3.63, 3.8) is 0 Å². The highest BCUT2D eigenvalue weighted by molar-refractivity contribution is 6.22. The normalized spacial score (nSPS) is 12.4. The van der Waals surface area contributed by atoms with Gasteiger partial charge < -0.3 is 9.15 Å². The second kappa shape index (κ2) is 5.49. The molecule has 0 fully saturated rings. The van der Waals surface area contributed by atoms with Crippen LogP contribution in [-0.4, -0.2) is 6.61 Å². The minimum Gasteiger partial charge on any atom is -0.494 e. The molecule has 0 N–H and O–H groups in total. The lowest BCUT2D eigenvalue weighted by Gasteiger charge is -2.14. The Morgan fingerprint density at radius 2 is 2.00 bits per heavy atom. The van der Waals surface area contributed by atoms with E-state index in [0.717, 1.165) is 28.4 Å². The maximum Gasteiger partial charge on any atom is 0.126 e. The van der Waals surface area contributed by atoms with E-state index in [-0.39, 0.29) is 5.38 Å². The van der Waals surface area contributed by atoms with Crippen molar-refractivity contribution in [3.8, 4) is 5.75 Å². The molecule has 1 atom stereocenters. The minimum absolute atomic E-state index is 0.319. The van der Waals surface area contributed by atoms with Gasteiger partial charge in [0, 0.05) is 5.56 Å². The molecule has 2 aromatic rings. The molecular formula is C15H17ClO2. The quantitative estimate of drug-likeness (QED) is 0.752. The van der Waals surface area contributed by atoms with Crippen molar-refractivity contribution in [1.82, 2.24) is 0 Å². The fourth-order valence-corrected chi connectivity index (χ4v) is 2.18. The first-order valence-corrected chi connectivity index (χ1v) is 6.49. The third kappa shape index (κ3) is 2.70. The molecule has 0 radical (unpaired) electrons. The van der Waals surface area contributed by atoms with E-state index in [2.05, 4.69) is 0 Å². The average Bonchev–Trinajstić information content (AvgIpc) is 2.77. The van der Waals surface area contributed by atoms with Crippen LogP contribution in [0.15, 0.2) is 34.7 Å². The smallest absolute Gasteiger partial charge is 0.126 e. The van der Waals surface area contributed by atoms with Gasteiger partial charge in [0.15, 0.2) is 0 Å². The number of aryl methyl sites for hydroxylation is 2. The summed E-state index contributed by atoms with van der Waals surface area (Å²) in [6.07, 6.45) is 0. The number of ether oxygens (including phenoxy) is 1. The Morgan fingerprint density at radius 1 is 1.22 bits per heavy atom. The summed E-state index contributed by atoms with van der Waals surface area (Å²) in [5, 5.41) is -0.319. The van der Waals surface area contributed by atoms with E-state index in [0.29, 0.717) is 6.61 Å². The predicted molar refractivity (Wildman–Crippen MR) is 73.5 cm³/mol. The second-order valence-electron chi connectivity index (χ2n) is 4.29. The topological polar surface area (TPSA) is 22.4 Å². The van der Waals surface area contributed by atoms with Crippen LogP contribution in [0.3, 0.4) is 0 Å². The average molecular weight is 265 g/mol. The summed E-state index contributed by atoms with van der Waals surface area (Å²) >= 11 is 6.48. The molecule has 3 heteroatoms. The summed E-state index contributed by atoms with van der Waals surface area (Å²) in [6.45, 7) is 6.53. The van der Waals surface area contributed by atoms with E-state index in [1.807, 2.05) is 51.1 Å². The van der Waals surface area contributed by atoms with Crippen molar-refractivity contribution < 1.29 is 9.15 Å². The fourth-order valence-electron chi connectivity index (χ4n) is 1.90. The summed E-state index contributed by atoms with van der Waals surface area (Å²) in [5.41, 5.74) is 2.11. The van der Waals surface area contributed by atoms with E-state index in [1.54, 1.807) is 0 Å². The maximum absolute atomic E-state index is 6.48. The highest BCUT2D eigenvalue weighted by Gasteiger charge is 2.19. The summed E-state index contributed by atoms with van der Waals surface area (Å²) < 4.78 is 11.2. The van der Waals surface area contributed by atoms with Crippen LogP contribution in [-0.2, 0) is 0 Å². The minimum atomic E-state index is -0.319. The SMILES string of the molecule is CCOc1ccc(C)cc1C(Cl)c1ccc(C)o1. The van der Waals surface area contributed by atoms with Crippen LogP contribution in [0.1, 0.15) is 34.9 Å². The lowest BCUT2D eigenvalue weighted by atomic mass is 10.1. The van der Waals surface area contributed by atoms with Crippen molar-refractivity contribution in [2.75, 3.05) is 6.61 Å². The third-order valence-corrected chi connectivity index (χ3v) is 3.20. The first-order valence-electron chi connectivity index (χ1n) is 6.05. The van der Waals surface area contributed by atoms with Crippen molar-refractivity contribution >= 4 is 11.6 Å². The number of rotatable bonds is 4. The highest BCUT2D eigenvalue weighted by atomic mass is 35.5. The Hall–Kier alpha value is -1.41. The third-order valence-electron chi connectivity index (χ3n) is 2.75. The first-order chi connectivity index (χ1) is 8.61. The van der Waals surface area contributed by atoms with Crippen LogP contribution in [0, 0.1) is 13.8 Å². The maximum atomic E-state index is 6.48. The van der Waals surface area contributed by atoms with E-state index in [9.17, 15) is 0 Å². The Kier molecular flexibility index (Phi) is 3.97. The summed E-state index contributed by atoms with van der Waals surface area (Å²) in [6, 6.07) is 9.84. The number of furan rings is 1. The molecule has 0 saturated heterocycles. The lowest BCUT2D eigenvalue weighted by Crippen LogP contribution is -2.00. The molecule has 0 aliphatic rings. The van der Waals surface area contributed by atoms with Gasteiger partial charge in [-0.05, 0) is 39.0 Å². The van der Waals surface area contributed by atoms with Gasteiger partial charge in [0.25, 0.3) is 0 Å². The van der Waals surface area contributed by atoms with Gasteiger partial charge in [-0.2, -0.15) is 0 Å². The Balaban J connectivity index is 2.39. The molecule has 2 nitrogen and oxygen atoms in total. The molecule has 0 aliphatic heterocycles. The highest BCUT2D eigenvalue weighted by Crippen LogP contribution is 2.36. The van der Waals surface area contributed by atoms with Crippen molar-refractivity contribution in [3.05, 3.63) is 53.0 Å². The van der Waals surface area contributed by atoms with Gasteiger partial charge in [0.1, 0.15) is 22.6 Å². The molecule has 0 spiro atoms. The lowest BCUT2D eigenvalue weighted by molar-refractivity contribution is 0.335. The number of hydrogen-bond acceptors (Lipinski definition) is 2. The molecule has 1 unspecified atom stereocenters. The molecule has 1 aromatic heterocycles. The van der Waals surface area contributed by atoms with Crippen molar-refractivity contribution in [2.24, 2.45) is 0 Å². The Morgan fingerprint density at radius 3 is 2.61 bits per heavy atom. The second-order valence-corrected chi connectivity index (χ2v) is 4.72. The van der Waals surface area contributed by atoms with E-state index < -0.39 is 0 Å². The molecule has 1 aromatic carbocycles. The van der Waals surface area contributed by atoms with Gasteiger partial charge >= 0.3 is 0 Å². The Labute approximate surface area is 113 Å². The summed E-state index contributed by atoms with van der Waals surface area (Å²) in [7, 11) is 0. The van der Waals surface area contributed by atoms with Crippen LogP contribution in [0.25, 0.3) is 0 Å². The van der Waals surface area contributed by atoms with Gasteiger partial charge in [-0.15, -0.1) is 11.6 Å². The molecule has 0 saturated carbocycles. The number of alkyl halides is 1.